The number of likely N-dealkylation sites (N-methyl/N-ethyl adjacent to an activating group) is 1. The SMILES string of the molecule is CNC(=O)COC(=O)c1ccc(S(=O)(=O)N(C)c2ccccc2OC)cc1. The molecule has 0 aliphatic rings. The molecule has 0 aliphatic carbocycles. The molecule has 0 spiro atoms. The molecule has 0 saturated carbocycles. The summed E-state index contributed by atoms with van der Waals surface area (Å²) in [4.78, 5) is 23.0. The van der Waals surface area contributed by atoms with Crippen molar-refractivity contribution >= 4 is 27.6 Å². The number of esters is 1. The number of carbonyl (C=O) groups excluding carboxylic acids is 2. The predicted octanol–water partition coefficient (Wildman–Crippen LogP) is 1.42. The second-order valence-electron chi connectivity index (χ2n) is 5.42. The molecule has 0 radical (unpaired) electrons. The summed E-state index contributed by atoms with van der Waals surface area (Å²) in [7, 11) is 0.437. The molecule has 0 bridgehead atoms. The smallest absolute Gasteiger partial charge is 0.338 e. The minimum absolute atomic E-state index is 0.00115. The first kappa shape index (κ1) is 20.2. The van der Waals surface area contributed by atoms with Crippen LogP contribution in [0.25, 0.3) is 0 Å². The topological polar surface area (TPSA) is 102 Å². The molecule has 27 heavy (non-hydrogen) atoms. The Labute approximate surface area is 157 Å². The Kier molecular flexibility index (Phi) is 6.40. The number of anilines is 1. The van der Waals surface area contributed by atoms with E-state index >= 15 is 0 Å². The maximum atomic E-state index is 12.8. The molecular formula is C18H20N2O6S. The van der Waals surface area contributed by atoms with Crippen molar-refractivity contribution in [2.24, 2.45) is 0 Å². The van der Waals surface area contributed by atoms with Gasteiger partial charge in [-0.2, -0.15) is 0 Å². The van der Waals surface area contributed by atoms with Crippen molar-refractivity contribution in [1.82, 2.24) is 5.32 Å². The number of methoxy groups -OCH3 is 1. The first-order valence-corrected chi connectivity index (χ1v) is 9.35. The van der Waals surface area contributed by atoms with E-state index in [1.807, 2.05) is 0 Å². The molecule has 1 amide bonds. The number of benzene rings is 2. The number of sulfonamides is 1. The fourth-order valence-electron chi connectivity index (χ4n) is 2.23. The third-order valence-electron chi connectivity index (χ3n) is 3.79. The first-order chi connectivity index (χ1) is 12.8. The molecule has 2 aromatic carbocycles. The lowest BCUT2D eigenvalue weighted by Crippen LogP contribution is -2.27. The van der Waals surface area contributed by atoms with Gasteiger partial charge in [-0.05, 0) is 36.4 Å². The van der Waals surface area contributed by atoms with Crippen LogP contribution in [0.5, 0.6) is 5.75 Å². The van der Waals surface area contributed by atoms with Gasteiger partial charge in [0, 0.05) is 14.1 Å². The third kappa shape index (κ3) is 4.56. The third-order valence-corrected chi connectivity index (χ3v) is 5.57. The van der Waals surface area contributed by atoms with Crippen LogP contribution in [0.15, 0.2) is 53.4 Å². The molecule has 0 saturated heterocycles. The maximum absolute atomic E-state index is 12.8. The van der Waals surface area contributed by atoms with Crippen molar-refractivity contribution < 1.29 is 27.5 Å². The van der Waals surface area contributed by atoms with E-state index in [9.17, 15) is 18.0 Å². The molecule has 2 aromatic rings. The number of hydrogen-bond donors (Lipinski definition) is 1. The quantitative estimate of drug-likeness (QED) is 0.715. The van der Waals surface area contributed by atoms with E-state index in [2.05, 4.69) is 5.32 Å². The van der Waals surface area contributed by atoms with Crippen LogP contribution in [0.4, 0.5) is 5.69 Å². The fraction of sp³-hybridized carbons (Fsp3) is 0.222. The Morgan fingerprint density at radius 1 is 1.07 bits per heavy atom. The molecule has 0 unspecified atom stereocenters. The molecule has 9 heteroatoms. The lowest BCUT2D eigenvalue weighted by molar-refractivity contribution is -0.123. The summed E-state index contributed by atoms with van der Waals surface area (Å²) < 4.78 is 36.8. The van der Waals surface area contributed by atoms with E-state index in [4.69, 9.17) is 9.47 Å². The van der Waals surface area contributed by atoms with Crippen molar-refractivity contribution in [3.05, 3.63) is 54.1 Å². The second-order valence-corrected chi connectivity index (χ2v) is 7.39. The molecule has 0 heterocycles. The van der Waals surface area contributed by atoms with Gasteiger partial charge in [-0.3, -0.25) is 9.10 Å². The van der Waals surface area contributed by atoms with Crippen molar-refractivity contribution in [1.29, 1.82) is 0 Å². The predicted molar refractivity (Wildman–Crippen MR) is 99.4 cm³/mol. The Hall–Kier alpha value is -3.07. The summed E-state index contributed by atoms with van der Waals surface area (Å²) in [6, 6.07) is 12.0. The van der Waals surface area contributed by atoms with Gasteiger partial charge in [0.1, 0.15) is 5.75 Å². The molecule has 0 fully saturated rings. The zero-order valence-corrected chi connectivity index (χ0v) is 15.9. The van der Waals surface area contributed by atoms with Gasteiger partial charge >= 0.3 is 5.97 Å². The average molecular weight is 392 g/mol. The van der Waals surface area contributed by atoms with Gasteiger partial charge in [0.15, 0.2) is 6.61 Å². The van der Waals surface area contributed by atoms with Gasteiger partial charge < -0.3 is 14.8 Å². The van der Waals surface area contributed by atoms with Crippen molar-refractivity contribution in [2.75, 3.05) is 32.1 Å². The highest BCUT2D eigenvalue weighted by atomic mass is 32.2. The fourth-order valence-corrected chi connectivity index (χ4v) is 3.43. The minimum atomic E-state index is -3.86. The van der Waals surface area contributed by atoms with E-state index in [0.717, 1.165) is 4.31 Å². The number of rotatable bonds is 7. The second kappa shape index (κ2) is 8.54. The summed E-state index contributed by atoms with van der Waals surface area (Å²) in [6.07, 6.45) is 0. The molecule has 1 N–H and O–H groups in total. The Balaban J connectivity index is 2.22. The number of ether oxygens (including phenoxy) is 2. The molecule has 8 nitrogen and oxygen atoms in total. The standard InChI is InChI=1S/C18H20N2O6S/c1-19-17(21)12-26-18(22)13-8-10-14(11-9-13)27(23,24)20(2)15-6-4-5-7-16(15)25-3/h4-11H,12H2,1-3H3,(H,19,21). The number of nitrogens with one attached hydrogen (secondary N) is 1. The van der Waals surface area contributed by atoms with Crippen LogP contribution < -0.4 is 14.4 Å². The number of para-hydroxylation sites is 2. The van der Waals surface area contributed by atoms with E-state index in [-0.39, 0.29) is 10.5 Å². The van der Waals surface area contributed by atoms with Crippen molar-refractivity contribution in [3.63, 3.8) is 0 Å². The van der Waals surface area contributed by atoms with Crippen LogP contribution in [0.2, 0.25) is 0 Å². The zero-order valence-electron chi connectivity index (χ0n) is 15.1. The minimum Gasteiger partial charge on any atom is -0.495 e. The molecule has 144 valence electrons. The number of hydrogen-bond acceptors (Lipinski definition) is 6. The van der Waals surface area contributed by atoms with Crippen LogP contribution in [0.3, 0.4) is 0 Å². The lowest BCUT2D eigenvalue weighted by Gasteiger charge is -2.21. The molecule has 0 aromatic heterocycles. The highest BCUT2D eigenvalue weighted by Crippen LogP contribution is 2.30. The van der Waals surface area contributed by atoms with Gasteiger partial charge in [0.2, 0.25) is 0 Å². The summed E-state index contributed by atoms with van der Waals surface area (Å²) in [5.74, 6) is -0.750. The number of nitrogens with zero attached hydrogens (tertiary/aromatic N) is 1. The van der Waals surface area contributed by atoms with Crippen molar-refractivity contribution in [2.45, 2.75) is 4.90 Å². The van der Waals surface area contributed by atoms with E-state index in [0.29, 0.717) is 11.4 Å². The first-order valence-electron chi connectivity index (χ1n) is 7.91. The maximum Gasteiger partial charge on any atom is 0.338 e. The van der Waals surface area contributed by atoms with Crippen LogP contribution >= 0.6 is 0 Å². The highest BCUT2D eigenvalue weighted by molar-refractivity contribution is 7.92. The summed E-state index contributed by atoms with van der Waals surface area (Å²) in [5.41, 5.74) is 0.520. The van der Waals surface area contributed by atoms with Crippen LogP contribution in [0, 0.1) is 0 Å². The Morgan fingerprint density at radius 2 is 1.70 bits per heavy atom. The molecule has 0 aliphatic heterocycles. The molecular weight excluding hydrogens is 372 g/mol. The summed E-state index contributed by atoms with van der Waals surface area (Å²) >= 11 is 0. The van der Waals surface area contributed by atoms with Gasteiger partial charge in [-0.15, -0.1) is 0 Å². The highest BCUT2D eigenvalue weighted by Gasteiger charge is 2.24. The lowest BCUT2D eigenvalue weighted by atomic mass is 10.2. The zero-order chi connectivity index (χ0) is 20.0. The van der Waals surface area contributed by atoms with Crippen LogP contribution in [-0.4, -0.2) is 48.1 Å². The van der Waals surface area contributed by atoms with Crippen LogP contribution in [0.1, 0.15) is 10.4 Å². The Bertz CT molecular complexity index is 925. The monoisotopic (exact) mass is 392 g/mol. The molecule has 0 atom stereocenters. The normalized spacial score (nSPS) is 10.8. The summed E-state index contributed by atoms with van der Waals surface area (Å²) in [6.45, 7) is -0.411. The van der Waals surface area contributed by atoms with Crippen molar-refractivity contribution in [3.8, 4) is 5.75 Å². The molecule has 2 rings (SSSR count). The Morgan fingerprint density at radius 3 is 2.30 bits per heavy atom. The van der Waals surface area contributed by atoms with Crippen LogP contribution in [-0.2, 0) is 19.6 Å². The van der Waals surface area contributed by atoms with E-state index in [1.165, 1.54) is 45.5 Å². The van der Waals surface area contributed by atoms with Gasteiger partial charge in [-0.1, -0.05) is 12.1 Å². The van der Waals surface area contributed by atoms with E-state index in [1.54, 1.807) is 24.3 Å². The number of amides is 1. The average Bonchev–Trinajstić information content (AvgIpc) is 2.71. The van der Waals surface area contributed by atoms with Gasteiger partial charge in [0.25, 0.3) is 15.9 Å². The van der Waals surface area contributed by atoms with Gasteiger partial charge in [0.05, 0.1) is 23.3 Å². The summed E-state index contributed by atoms with van der Waals surface area (Å²) in [5, 5.41) is 2.33. The number of carbonyl (C=O) groups is 2. The van der Waals surface area contributed by atoms with Gasteiger partial charge in [-0.25, -0.2) is 13.2 Å². The van der Waals surface area contributed by atoms with E-state index < -0.39 is 28.5 Å². The largest absolute Gasteiger partial charge is 0.495 e.